The number of aliphatic carboxylic acids is 1. The topological polar surface area (TPSA) is 122 Å². The zero-order valence-corrected chi connectivity index (χ0v) is 28.4. The molecule has 2 aliphatic heterocycles. The maximum Gasteiger partial charge on any atom is 0.307 e. The molecule has 2 saturated heterocycles. The standard InChI is InChI=1S/C39H42ClN5O4/c1-25-29(31-5-2-3-7-34(31)40)6-4-15-39(25,43-37-19-26(12-16-42-37)21-44-17-14-28(46)23-44)24-49-36-11-9-32-30(33(36)20-41)8-10-35(32)45-18-13-27(22-45)38(47)48/h2-7,9,11-12,15-16,19,25,27-28,35,46H,8,10,13-14,17-18,21-24H2,1H3,(H,42,43)(H,47,48)/t25?,27-,28-,35-,39?/m1/s1. The van der Waals surface area contributed by atoms with Gasteiger partial charge in [0.15, 0.2) is 0 Å². The Hall–Kier alpha value is -4.20. The van der Waals surface area contributed by atoms with Crippen molar-refractivity contribution in [1.29, 1.82) is 5.26 Å². The van der Waals surface area contributed by atoms with Crippen molar-refractivity contribution in [3.05, 3.63) is 106 Å². The number of benzene rings is 2. The molecule has 3 aromatic rings. The molecule has 49 heavy (non-hydrogen) atoms. The number of β-amino-alcohol motifs (C(OH)–C–C–N with tert-alkyl or cyclic N) is 1. The Morgan fingerprint density at radius 2 is 2.02 bits per heavy atom. The Morgan fingerprint density at radius 1 is 1.16 bits per heavy atom. The summed E-state index contributed by atoms with van der Waals surface area (Å²) in [6, 6.07) is 18.4. The van der Waals surface area contributed by atoms with Crippen LogP contribution in [0.15, 0.2) is 73.0 Å². The van der Waals surface area contributed by atoms with E-state index in [1.54, 1.807) is 0 Å². The highest BCUT2D eigenvalue weighted by atomic mass is 35.5. The molecule has 3 heterocycles. The number of halogens is 1. The number of hydrogen-bond acceptors (Lipinski definition) is 8. The number of anilines is 1. The zero-order valence-electron chi connectivity index (χ0n) is 27.7. The van der Waals surface area contributed by atoms with E-state index in [9.17, 15) is 20.3 Å². The summed E-state index contributed by atoms with van der Waals surface area (Å²) in [5, 5.41) is 34.4. The molecule has 0 saturated carbocycles. The summed E-state index contributed by atoms with van der Waals surface area (Å²) in [7, 11) is 0. The maximum atomic E-state index is 11.6. The molecular formula is C39H42ClN5O4. The molecule has 1 aromatic heterocycles. The van der Waals surface area contributed by atoms with Crippen LogP contribution in [0.25, 0.3) is 5.57 Å². The minimum atomic E-state index is -0.742. The summed E-state index contributed by atoms with van der Waals surface area (Å²) in [6.45, 7) is 5.91. The van der Waals surface area contributed by atoms with E-state index in [0.717, 1.165) is 66.7 Å². The summed E-state index contributed by atoms with van der Waals surface area (Å²) in [4.78, 5) is 20.8. The molecule has 3 N–H and O–H groups in total. The molecular weight excluding hydrogens is 638 g/mol. The Labute approximate surface area is 292 Å². The predicted molar refractivity (Wildman–Crippen MR) is 189 cm³/mol. The second kappa shape index (κ2) is 14.0. The molecule has 0 radical (unpaired) electrons. The van der Waals surface area contributed by atoms with Gasteiger partial charge in [0.05, 0.1) is 23.1 Å². The van der Waals surface area contributed by atoms with Gasteiger partial charge >= 0.3 is 5.97 Å². The van der Waals surface area contributed by atoms with E-state index in [1.807, 2.05) is 48.7 Å². The number of carboxylic acids is 1. The van der Waals surface area contributed by atoms with Crippen LogP contribution >= 0.6 is 11.6 Å². The minimum absolute atomic E-state index is 0.0988. The normalized spacial score (nSPS) is 26.7. The third-order valence-corrected chi connectivity index (χ3v) is 11.2. The lowest BCUT2D eigenvalue weighted by molar-refractivity contribution is -0.141. The van der Waals surface area contributed by atoms with Gasteiger partial charge in [0, 0.05) is 49.4 Å². The fourth-order valence-corrected chi connectivity index (χ4v) is 8.36. The second-order valence-corrected chi connectivity index (χ2v) is 14.3. The number of ether oxygens (including phenoxy) is 1. The highest BCUT2D eigenvalue weighted by molar-refractivity contribution is 6.32. The molecule has 4 aliphatic rings. The van der Waals surface area contributed by atoms with Gasteiger partial charge in [-0.3, -0.25) is 14.6 Å². The number of nitrogens with zero attached hydrogens (tertiary/aromatic N) is 4. The number of allylic oxidation sites excluding steroid dienone is 2. The van der Waals surface area contributed by atoms with E-state index in [-0.39, 0.29) is 30.6 Å². The largest absolute Gasteiger partial charge is 0.489 e. The number of likely N-dealkylation sites (tertiary alicyclic amines) is 2. The van der Waals surface area contributed by atoms with E-state index in [0.29, 0.717) is 41.7 Å². The Balaban J connectivity index is 1.17. The number of pyridine rings is 1. The first-order valence-electron chi connectivity index (χ1n) is 17.2. The lowest BCUT2D eigenvalue weighted by atomic mass is 9.75. The number of fused-ring (bicyclic) bond motifs is 1. The SMILES string of the molecule is CC1C(c2ccccc2Cl)=CC=CC1(COc1ccc2c(c1C#N)CC[C@H]2N1CC[C@@H](C(=O)O)C1)Nc1cc(CN2CC[C@@H](O)C2)ccn1. The number of carboxylic acid groups (broad SMARTS) is 1. The Morgan fingerprint density at radius 3 is 2.78 bits per heavy atom. The van der Waals surface area contributed by atoms with Crippen molar-refractivity contribution in [2.75, 3.05) is 38.1 Å². The molecule has 9 nitrogen and oxygen atoms in total. The van der Waals surface area contributed by atoms with E-state index in [4.69, 9.17) is 21.3 Å². The van der Waals surface area contributed by atoms with Gasteiger partial charge in [-0.1, -0.05) is 61.0 Å². The average Bonchev–Trinajstić information content (AvgIpc) is 3.85. The Kier molecular flexibility index (Phi) is 9.49. The molecule has 0 spiro atoms. The predicted octanol–water partition coefficient (Wildman–Crippen LogP) is 6.09. The van der Waals surface area contributed by atoms with Gasteiger partial charge in [-0.25, -0.2) is 4.98 Å². The van der Waals surface area contributed by atoms with Crippen LogP contribution in [0.3, 0.4) is 0 Å². The van der Waals surface area contributed by atoms with Crippen LogP contribution in [-0.2, 0) is 17.8 Å². The number of nitrogens with one attached hydrogen (secondary N) is 1. The van der Waals surface area contributed by atoms with Crippen LogP contribution in [0.5, 0.6) is 5.75 Å². The van der Waals surface area contributed by atoms with Crippen molar-refractivity contribution in [3.63, 3.8) is 0 Å². The van der Waals surface area contributed by atoms with Gasteiger partial charge < -0.3 is 20.3 Å². The van der Waals surface area contributed by atoms with Crippen LogP contribution in [0.4, 0.5) is 5.82 Å². The van der Waals surface area contributed by atoms with Crippen LogP contribution in [-0.4, -0.2) is 75.4 Å². The smallest absolute Gasteiger partial charge is 0.307 e. The van der Waals surface area contributed by atoms with E-state index >= 15 is 0 Å². The fourth-order valence-electron chi connectivity index (χ4n) is 8.11. The first-order chi connectivity index (χ1) is 23.7. The highest BCUT2D eigenvalue weighted by Gasteiger charge is 2.41. The first kappa shape index (κ1) is 33.3. The Bertz CT molecular complexity index is 1840. The van der Waals surface area contributed by atoms with Gasteiger partial charge in [-0.05, 0) is 84.3 Å². The number of aliphatic hydroxyl groups excluding tert-OH is 1. The molecule has 0 amide bonds. The number of aliphatic hydroxyl groups is 1. The molecule has 2 aliphatic carbocycles. The van der Waals surface area contributed by atoms with Crippen molar-refractivity contribution < 1.29 is 19.7 Å². The molecule has 10 heteroatoms. The number of rotatable bonds is 10. The summed E-state index contributed by atoms with van der Waals surface area (Å²) >= 11 is 6.72. The number of aromatic nitrogens is 1. The monoisotopic (exact) mass is 679 g/mol. The first-order valence-corrected chi connectivity index (χ1v) is 17.6. The summed E-state index contributed by atoms with van der Waals surface area (Å²) < 4.78 is 6.66. The van der Waals surface area contributed by atoms with Gasteiger partial charge in [0.2, 0.25) is 0 Å². The van der Waals surface area contributed by atoms with Crippen molar-refractivity contribution >= 4 is 29.0 Å². The molecule has 254 valence electrons. The van der Waals surface area contributed by atoms with Gasteiger partial charge in [0.25, 0.3) is 0 Å². The summed E-state index contributed by atoms with van der Waals surface area (Å²) in [6.07, 6.45) is 10.8. The van der Waals surface area contributed by atoms with Crippen LogP contribution in [0.2, 0.25) is 5.02 Å². The number of nitriles is 1. The van der Waals surface area contributed by atoms with Crippen molar-refractivity contribution in [2.45, 2.75) is 56.8 Å². The molecule has 5 atom stereocenters. The maximum absolute atomic E-state index is 11.6. The van der Waals surface area contributed by atoms with Crippen LogP contribution in [0, 0.1) is 23.2 Å². The van der Waals surface area contributed by atoms with E-state index < -0.39 is 11.5 Å². The highest BCUT2D eigenvalue weighted by Crippen LogP contribution is 2.44. The van der Waals surface area contributed by atoms with E-state index in [2.05, 4.69) is 52.4 Å². The quantitative estimate of drug-likeness (QED) is 0.234. The molecule has 2 unspecified atom stereocenters. The minimum Gasteiger partial charge on any atom is -0.489 e. The van der Waals surface area contributed by atoms with Gasteiger partial charge in [-0.15, -0.1) is 0 Å². The van der Waals surface area contributed by atoms with Crippen LogP contribution in [0.1, 0.15) is 60.0 Å². The molecule has 7 rings (SSSR count). The lowest BCUT2D eigenvalue weighted by Crippen LogP contribution is -2.49. The summed E-state index contributed by atoms with van der Waals surface area (Å²) in [5.74, 6) is 0.0659. The lowest BCUT2D eigenvalue weighted by Gasteiger charge is -2.41. The third kappa shape index (κ3) is 6.71. The van der Waals surface area contributed by atoms with Gasteiger partial charge in [-0.2, -0.15) is 5.26 Å². The van der Waals surface area contributed by atoms with Crippen LogP contribution < -0.4 is 10.1 Å². The van der Waals surface area contributed by atoms with Crippen molar-refractivity contribution in [1.82, 2.24) is 14.8 Å². The third-order valence-electron chi connectivity index (χ3n) is 10.9. The summed E-state index contributed by atoms with van der Waals surface area (Å²) in [5.41, 5.74) is 5.02. The zero-order chi connectivity index (χ0) is 34.1. The molecule has 2 aromatic carbocycles. The van der Waals surface area contributed by atoms with Crippen molar-refractivity contribution in [2.24, 2.45) is 11.8 Å². The number of hydrogen-bond donors (Lipinski definition) is 3. The average molecular weight is 680 g/mol. The van der Waals surface area contributed by atoms with E-state index in [1.165, 1.54) is 0 Å². The van der Waals surface area contributed by atoms with Crippen molar-refractivity contribution in [3.8, 4) is 11.8 Å². The van der Waals surface area contributed by atoms with Gasteiger partial charge in [0.1, 0.15) is 24.2 Å². The number of carbonyl (C=O) groups is 1. The molecule has 2 fully saturated rings. The molecule has 0 bridgehead atoms. The second-order valence-electron chi connectivity index (χ2n) is 13.9. The fraction of sp³-hybridized carbons (Fsp3) is 0.410.